The second-order valence-electron chi connectivity index (χ2n) is 14.9. The first-order chi connectivity index (χ1) is 23.3. The first-order valence-electron chi connectivity index (χ1n) is 18.3. The average molecular weight is 701 g/mol. The molecule has 3 rings (SSSR count). The molecule has 0 radical (unpaired) electrons. The van der Waals surface area contributed by atoms with E-state index in [4.69, 9.17) is 23.0 Å². The number of hydrogen-bond donors (Lipinski definition) is 1. The van der Waals surface area contributed by atoms with Gasteiger partial charge in [-0.3, -0.25) is 19.2 Å². The second-order valence-corrected chi connectivity index (χ2v) is 14.9. The van der Waals surface area contributed by atoms with E-state index in [1.54, 1.807) is 48.5 Å². The highest BCUT2D eigenvalue weighted by molar-refractivity contribution is 5.70. The van der Waals surface area contributed by atoms with E-state index in [2.05, 4.69) is 0 Å². The van der Waals surface area contributed by atoms with Crippen LogP contribution in [0.1, 0.15) is 152 Å². The number of carbonyl (C=O) groups excluding carboxylic acids is 2. The molecule has 1 N–H and O–H groups in total. The van der Waals surface area contributed by atoms with Crippen LogP contribution in [0.25, 0.3) is 0 Å². The van der Waals surface area contributed by atoms with Crippen molar-refractivity contribution in [1.82, 2.24) is 0 Å². The van der Waals surface area contributed by atoms with Gasteiger partial charge in [-0.1, -0.05) is 69.2 Å². The summed E-state index contributed by atoms with van der Waals surface area (Å²) in [5.74, 6) is -4.02. The molecule has 9 atom stereocenters. The Morgan fingerprint density at radius 1 is 0.820 bits per heavy atom. The van der Waals surface area contributed by atoms with Crippen molar-refractivity contribution in [3.8, 4) is 0 Å². The lowest BCUT2D eigenvalue weighted by Gasteiger charge is -2.52. The van der Waals surface area contributed by atoms with E-state index >= 15 is 0 Å². The van der Waals surface area contributed by atoms with Crippen LogP contribution in [0.3, 0.4) is 0 Å². The van der Waals surface area contributed by atoms with E-state index < -0.39 is 53.7 Å². The highest BCUT2D eigenvalue weighted by Crippen LogP contribution is 2.49. The SMILES string of the molecule is CCC(=O)O[C@@H](CC)[C@H](C)c1oc([C@H](C)[C@@H]2O[C@](O)([C@@H](C)c3oc(CC)c(C)c(=O)c3C)[C@@H](C)[C@@H](OC(=O)CC(C)C)[C@@H]2C)c(C)c(=O)c1C. The van der Waals surface area contributed by atoms with Crippen molar-refractivity contribution in [3.63, 3.8) is 0 Å². The van der Waals surface area contributed by atoms with Crippen molar-refractivity contribution in [2.24, 2.45) is 17.8 Å². The molecule has 1 saturated heterocycles. The zero-order valence-electron chi connectivity index (χ0n) is 32.6. The Labute approximate surface area is 297 Å². The van der Waals surface area contributed by atoms with Crippen LogP contribution in [-0.2, 0) is 30.2 Å². The molecule has 0 aromatic carbocycles. The van der Waals surface area contributed by atoms with Crippen molar-refractivity contribution in [2.45, 2.75) is 164 Å². The van der Waals surface area contributed by atoms with Crippen LogP contribution in [0.15, 0.2) is 18.4 Å². The van der Waals surface area contributed by atoms with E-state index in [-0.39, 0.29) is 41.6 Å². The number of aryl methyl sites for hydroxylation is 1. The minimum absolute atomic E-state index is 0.0610. The van der Waals surface area contributed by atoms with Gasteiger partial charge in [-0.25, -0.2) is 0 Å². The van der Waals surface area contributed by atoms with Gasteiger partial charge in [-0.2, -0.15) is 0 Å². The van der Waals surface area contributed by atoms with E-state index in [0.717, 1.165) is 0 Å². The molecule has 0 amide bonds. The normalized spacial score (nSPS) is 24.8. The molecule has 10 heteroatoms. The highest BCUT2D eigenvalue weighted by atomic mass is 16.6. The summed E-state index contributed by atoms with van der Waals surface area (Å²) in [6, 6.07) is 0. The van der Waals surface area contributed by atoms with Gasteiger partial charge in [-0.05, 0) is 40.0 Å². The fraction of sp³-hybridized carbons (Fsp3) is 0.700. The van der Waals surface area contributed by atoms with Gasteiger partial charge >= 0.3 is 11.9 Å². The summed E-state index contributed by atoms with van der Waals surface area (Å²) < 4.78 is 31.5. The molecule has 10 nitrogen and oxygen atoms in total. The molecular weight excluding hydrogens is 640 g/mol. The monoisotopic (exact) mass is 700 g/mol. The third kappa shape index (κ3) is 7.96. The predicted octanol–water partition coefficient (Wildman–Crippen LogP) is 7.45. The molecule has 1 fully saturated rings. The molecule has 0 bridgehead atoms. The van der Waals surface area contributed by atoms with Crippen molar-refractivity contribution in [2.75, 3.05) is 0 Å². The van der Waals surface area contributed by atoms with Crippen LogP contribution >= 0.6 is 0 Å². The van der Waals surface area contributed by atoms with E-state index in [1.807, 2.05) is 48.5 Å². The van der Waals surface area contributed by atoms with Crippen LogP contribution in [0.5, 0.6) is 0 Å². The minimum Gasteiger partial charge on any atom is -0.465 e. The molecule has 0 unspecified atom stereocenters. The first kappa shape index (κ1) is 41.2. The zero-order valence-corrected chi connectivity index (χ0v) is 32.6. The Bertz CT molecular complexity index is 1650. The lowest BCUT2D eigenvalue weighted by molar-refractivity contribution is -0.331. The summed E-state index contributed by atoms with van der Waals surface area (Å²) in [6.07, 6.45) is -0.642. The number of carbonyl (C=O) groups is 2. The number of rotatable bonds is 13. The number of esters is 2. The van der Waals surface area contributed by atoms with Crippen molar-refractivity contribution in [1.29, 1.82) is 0 Å². The maximum absolute atomic E-state index is 13.7. The molecule has 0 aliphatic carbocycles. The Balaban J connectivity index is 2.21. The summed E-state index contributed by atoms with van der Waals surface area (Å²) in [5.41, 5.74) is 1.38. The third-order valence-corrected chi connectivity index (χ3v) is 10.9. The van der Waals surface area contributed by atoms with E-state index in [9.17, 15) is 24.3 Å². The quantitative estimate of drug-likeness (QED) is 0.209. The van der Waals surface area contributed by atoms with Crippen LogP contribution in [0.2, 0.25) is 0 Å². The van der Waals surface area contributed by atoms with Gasteiger partial charge < -0.3 is 28.2 Å². The van der Waals surface area contributed by atoms with Gasteiger partial charge in [0.25, 0.3) is 0 Å². The zero-order chi connectivity index (χ0) is 38.0. The molecule has 280 valence electrons. The molecule has 1 aliphatic rings. The lowest BCUT2D eigenvalue weighted by Crippen LogP contribution is -2.61. The fourth-order valence-corrected chi connectivity index (χ4v) is 7.61. The van der Waals surface area contributed by atoms with Gasteiger partial charge in [0.15, 0.2) is 16.6 Å². The third-order valence-electron chi connectivity index (χ3n) is 10.9. The summed E-state index contributed by atoms with van der Waals surface area (Å²) >= 11 is 0. The van der Waals surface area contributed by atoms with Crippen LogP contribution in [0.4, 0.5) is 0 Å². The number of ether oxygens (including phenoxy) is 3. The van der Waals surface area contributed by atoms with E-state index in [1.165, 1.54) is 0 Å². The van der Waals surface area contributed by atoms with E-state index in [0.29, 0.717) is 58.1 Å². The largest absolute Gasteiger partial charge is 0.465 e. The van der Waals surface area contributed by atoms with Gasteiger partial charge in [0, 0.05) is 59.3 Å². The smallest absolute Gasteiger partial charge is 0.306 e. The lowest BCUT2D eigenvalue weighted by atomic mass is 9.72. The highest BCUT2D eigenvalue weighted by Gasteiger charge is 2.57. The Hall–Kier alpha value is -3.24. The Morgan fingerprint density at radius 2 is 1.38 bits per heavy atom. The molecule has 2 aromatic heterocycles. The first-order valence-corrected chi connectivity index (χ1v) is 18.3. The molecule has 0 spiro atoms. The summed E-state index contributed by atoms with van der Waals surface area (Å²) in [7, 11) is 0. The van der Waals surface area contributed by atoms with Crippen LogP contribution < -0.4 is 10.9 Å². The summed E-state index contributed by atoms with van der Waals surface area (Å²) in [4.78, 5) is 52.4. The standard InChI is InChI=1S/C40H60O10/c1-15-29-20(6)33(43)24(10)38(47-29)27(13)40(45)28(14)39(48-32(42)18-19(4)5)26(12)37(50-40)25(11)36-23(9)34(44)22(8)35(49-36)21(7)30(16-2)46-31(41)17-3/h19,21,25-28,30,37,39,45H,15-18H2,1-14H3/t21-,25-,26+,27-,28-,30-,37-,39-,40+/m0/s1. The maximum atomic E-state index is 13.7. The number of aliphatic hydroxyl groups is 1. The van der Waals surface area contributed by atoms with Gasteiger partial charge in [0.2, 0.25) is 0 Å². The summed E-state index contributed by atoms with van der Waals surface area (Å²) in [6.45, 7) is 25.4. The van der Waals surface area contributed by atoms with Gasteiger partial charge in [-0.15, -0.1) is 0 Å². The molecule has 2 aromatic rings. The Kier molecular flexibility index (Phi) is 13.5. The topological polar surface area (TPSA) is 142 Å². The molecule has 50 heavy (non-hydrogen) atoms. The van der Waals surface area contributed by atoms with Gasteiger partial charge in [0.05, 0.1) is 17.9 Å². The predicted molar refractivity (Wildman–Crippen MR) is 191 cm³/mol. The number of hydrogen-bond acceptors (Lipinski definition) is 10. The molecule has 0 saturated carbocycles. The minimum atomic E-state index is -1.95. The molecular formula is C40H60O10. The second kappa shape index (κ2) is 16.4. The summed E-state index contributed by atoms with van der Waals surface area (Å²) in [5, 5.41) is 12.7. The van der Waals surface area contributed by atoms with Crippen LogP contribution in [-0.4, -0.2) is 41.1 Å². The van der Waals surface area contributed by atoms with Gasteiger partial charge in [0.1, 0.15) is 35.2 Å². The fourth-order valence-electron chi connectivity index (χ4n) is 7.61. The van der Waals surface area contributed by atoms with Crippen molar-refractivity contribution in [3.05, 3.63) is 65.7 Å². The average Bonchev–Trinajstić information content (AvgIpc) is 3.07. The van der Waals surface area contributed by atoms with Crippen molar-refractivity contribution >= 4 is 11.9 Å². The van der Waals surface area contributed by atoms with Crippen LogP contribution in [0, 0.1) is 45.4 Å². The van der Waals surface area contributed by atoms with Crippen molar-refractivity contribution < 1.29 is 37.7 Å². The molecule has 1 aliphatic heterocycles. The molecule has 3 heterocycles. The maximum Gasteiger partial charge on any atom is 0.306 e. The Morgan fingerprint density at radius 3 is 1.92 bits per heavy atom.